The van der Waals surface area contributed by atoms with Crippen molar-refractivity contribution in [1.29, 1.82) is 0 Å². The lowest BCUT2D eigenvalue weighted by molar-refractivity contribution is 0.0746. The van der Waals surface area contributed by atoms with Crippen LogP contribution in [0.2, 0.25) is 5.02 Å². The number of sulfonamides is 1. The molecule has 0 bridgehead atoms. The van der Waals surface area contributed by atoms with E-state index in [1.54, 1.807) is 23.2 Å². The van der Waals surface area contributed by atoms with E-state index in [2.05, 4.69) is 4.98 Å². The maximum Gasteiger partial charge on any atom is 0.254 e. The van der Waals surface area contributed by atoms with E-state index in [1.165, 1.54) is 10.4 Å². The first-order chi connectivity index (χ1) is 14.4. The fourth-order valence-electron chi connectivity index (χ4n) is 3.82. The van der Waals surface area contributed by atoms with Crippen LogP contribution in [0, 0.1) is 5.82 Å². The Balaban J connectivity index is 1.50. The average molecular weight is 453 g/mol. The molecule has 2 aliphatic rings. The summed E-state index contributed by atoms with van der Waals surface area (Å²) in [6.07, 6.45) is 3.17. The van der Waals surface area contributed by atoms with Gasteiger partial charge in [0.05, 0.1) is 5.02 Å². The number of halogens is 2. The van der Waals surface area contributed by atoms with Crippen molar-refractivity contribution in [3.8, 4) is 0 Å². The maximum atomic E-state index is 14.3. The van der Waals surface area contributed by atoms with Gasteiger partial charge in [0.25, 0.3) is 5.91 Å². The van der Waals surface area contributed by atoms with Crippen LogP contribution in [-0.4, -0.2) is 67.8 Å². The SMILES string of the molecule is O=C(c1ccc(F)c(S(=O)(=O)N2CCCC2)c1)N1CCN(c2ncccc2Cl)CC1. The molecule has 0 saturated carbocycles. The van der Waals surface area contributed by atoms with E-state index in [1.807, 2.05) is 4.90 Å². The van der Waals surface area contributed by atoms with Gasteiger partial charge in [0.2, 0.25) is 10.0 Å². The summed E-state index contributed by atoms with van der Waals surface area (Å²) in [5.41, 5.74) is 0.165. The molecule has 10 heteroatoms. The van der Waals surface area contributed by atoms with Crippen molar-refractivity contribution in [2.45, 2.75) is 17.7 Å². The van der Waals surface area contributed by atoms with Crippen molar-refractivity contribution < 1.29 is 17.6 Å². The molecule has 2 aromatic rings. The first-order valence-corrected chi connectivity index (χ1v) is 11.6. The molecule has 2 saturated heterocycles. The van der Waals surface area contributed by atoms with Gasteiger partial charge in [-0.15, -0.1) is 0 Å². The lowest BCUT2D eigenvalue weighted by Gasteiger charge is -2.35. The fourth-order valence-corrected chi connectivity index (χ4v) is 5.66. The van der Waals surface area contributed by atoms with Gasteiger partial charge in [-0.05, 0) is 43.2 Å². The van der Waals surface area contributed by atoms with Gasteiger partial charge >= 0.3 is 0 Å². The molecule has 0 unspecified atom stereocenters. The number of hydrogen-bond acceptors (Lipinski definition) is 5. The van der Waals surface area contributed by atoms with E-state index in [4.69, 9.17) is 11.6 Å². The summed E-state index contributed by atoms with van der Waals surface area (Å²) in [5, 5.41) is 0.549. The minimum atomic E-state index is -3.95. The second kappa shape index (κ2) is 8.49. The highest BCUT2D eigenvalue weighted by Gasteiger charge is 2.31. The highest BCUT2D eigenvalue weighted by molar-refractivity contribution is 7.89. The molecule has 2 fully saturated rings. The Hall–Kier alpha value is -2.23. The lowest BCUT2D eigenvalue weighted by Crippen LogP contribution is -2.49. The first kappa shape index (κ1) is 21.0. The van der Waals surface area contributed by atoms with Crippen molar-refractivity contribution in [3.63, 3.8) is 0 Å². The van der Waals surface area contributed by atoms with Crippen LogP contribution in [0.25, 0.3) is 0 Å². The summed E-state index contributed by atoms with van der Waals surface area (Å²) in [6.45, 7) is 2.69. The number of carbonyl (C=O) groups excluding carboxylic acids is 1. The highest BCUT2D eigenvalue weighted by atomic mass is 35.5. The van der Waals surface area contributed by atoms with Crippen molar-refractivity contribution in [3.05, 3.63) is 52.9 Å². The second-order valence-corrected chi connectivity index (χ2v) is 9.66. The van der Waals surface area contributed by atoms with E-state index in [9.17, 15) is 17.6 Å². The summed E-state index contributed by atoms with van der Waals surface area (Å²) in [7, 11) is -3.95. The monoisotopic (exact) mass is 452 g/mol. The third kappa shape index (κ3) is 4.01. The Bertz CT molecular complexity index is 1050. The Kier molecular flexibility index (Phi) is 5.95. The van der Waals surface area contributed by atoms with Crippen molar-refractivity contribution in [2.24, 2.45) is 0 Å². The van der Waals surface area contributed by atoms with Crippen molar-refractivity contribution in [1.82, 2.24) is 14.2 Å². The first-order valence-electron chi connectivity index (χ1n) is 9.82. The molecule has 30 heavy (non-hydrogen) atoms. The number of carbonyl (C=O) groups is 1. The average Bonchev–Trinajstić information content (AvgIpc) is 3.30. The molecule has 4 rings (SSSR count). The lowest BCUT2D eigenvalue weighted by atomic mass is 10.1. The molecule has 0 radical (unpaired) electrons. The molecule has 2 aliphatic heterocycles. The number of rotatable bonds is 4. The predicted octanol–water partition coefficient (Wildman–Crippen LogP) is 2.62. The molecule has 0 spiro atoms. The molecular formula is C20H22ClFN4O3S. The maximum absolute atomic E-state index is 14.3. The summed E-state index contributed by atoms with van der Waals surface area (Å²) in [6, 6.07) is 7.08. The number of benzene rings is 1. The molecule has 3 heterocycles. The number of aromatic nitrogens is 1. The largest absolute Gasteiger partial charge is 0.352 e. The second-order valence-electron chi connectivity index (χ2n) is 7.34. The van der Waals surface area contributed by atoms with Crippen LogP contribution >= 0.6 is 11.6 Å². The van der Waals surface area contributed by atoms with Gasteiger partial charge < -0.3 is 9.80 Å². The fraction of sp³-hybridized carbons (Fsp3) is 0.400. The molecular weight excluding hydrogens is 431 g/mol. The number of pyridine rings is 1. The zero-order chi connectivity index (χ0) is 21.3. The number of hydrogen-bond donors (Lipinski definition) is 0. The Morgan fingerprint density at radius 1 is 1.03 bits per heavy atom. The summed E-state index contributed by atoms with van der Waals surface area (Å²) in [4.78, 5) is 20.4. The van der Waals surface area contributed by atoms with Crippen LogP contribution in [-0.2, 0) is 10.0 Å². The van der Waals surface area contributed by atoms with Gasteiger partial charge in [-0.1, -0.05) is 11.6 Å². The Morgan fingerprint density at radius 3 is 2.40 bits per heavy atom. The number of nitrogens with zero attached hydrogens (tertiary/aromatic N) is 4. The van der Waals surface area contributed by atoms with Crippen LogP contribution in [0.3, 0.4) is 0 Å². The number of amides is 1. The van der Waals surface area contributed by atoms with Gasteiger partial charge in [-0.25, -0.2) is 17.8 Å². The highest BCUT2D eigenvalue weighted by Crippen LogP contribution is 2.26. The minimum Gasteiger partial charge on any atom is -0.352 e. The molecule has 7 nitrogen and oxygen atoms in total. The van der Waals surface area contributed by atoms with Crippen molar-refractivity contribution >= 4 is 33.3 Å². The summed E-state index contributed by atoms with van der Waals surface area (Å²) in [5.74, 6) is -0.486. The Labute approximate surface area is 180 Å². The predicted molar refractivity (Wildman–Crippen MR) is 112 cm³/mol. The topological polar surface area (TPSA) is 73.8 Å². The number of piperazine rings is 1. The smallest absolute Gasteiger partial charge is 0.254 e. The Morgan fingerprint density at radius 2 is 1.73 bits per heavy atom. The molecule has 160 valence electrons. The van der Waals surface area contributed by atoms with E-state index in [0.29, 0.717) is 50.1 Å². The van der Waals surface area contributed by atoms with Crippen LogP contribution in [0.1, 0.15) is 23.2 Å². The van der Waals surface area contributed by atoms with E-state index < -0.39 is 20.7 Å². The minimum absolute atomic E-state index is 0.165. The molecule has 1 amide bonds. The van der Waals surface area contributed by atoms with Crippen LogP contribution < -0.4 is 4.90 Å². The molecule has 0 N–H and O–H groups in total. The van der Waals surface area contributed by atoms with Crippen LogP contribution in [0.4, 0.5) is 10.2 Å². The van der Waals surface area contributed by atoms with E-state index in [-0.39, 0.29) is 11.5 Å². The number of anilines is 1. The van der Waals surface area contributed by atoms with Crippen LogP contribution in [0.15, 0.2) is 41.4 Å². The van der Waals surface area contributed by atoms with Gasteiger partial charge in [0.1, 0.15) is 16.5 Å². The van der Waals surface area contributed by atoms with Crippen LogP contribution in [0.5, 0.6) is 0 Å². The standard InChI is InChI=1S/C20H22ClFN4O3S/c21-16-4-3-7-23-19(16)24-10-12-25(13-11-24)20(27)15-5-6-17(22)18(14-15)30(28,29)26-8-1-2-9-26/h3-7,14H,1-2,8-13H2. The molecule has 1 aromatic heterocycles. The van der Waals surface area contributed by atoms with E-state index in [0.717, 1.165) is 25.0 Å². The van der Waals surface area contributed by atoms with E-state index >= 15 is 0 Å². The molecule has 1 aromatic carbocycles. The van der Waals surface area contributed by atoms with Crippen molar-refractivity contribution in [2.75, 3.05) is 44.2 Å². The molecule has 0 aliphatic carbocycles. The molecule has 0 atom stereocenters. The van der Waals surface area contributed by atoms with Gasteiger partial charge in [-0.2, -0.15) is 4.31 Å². The summed E-state index contributed by atoms with van der Waals surface area (Å²) >= 11 is 6.20. The van der Waals surface area contributed by atoms with Gasteiger partial charge in [0, 0.05) is 51.0 Å². The normalized spacial score (nSPS) is 18.1. The zero-order valence-electron chi connectivity index (χ0n) is 16.3. The summed E-state index contributed by atoms with van der Waals surface area (Å²) < 4.78 is 41.2. The third-order valence-electron chi connectivity index (χ3n) is 5.47. The zero-order valence-corrected chi connectivity index (χ0v) is 17.9. The quantitative estimate of drug-likeness (QED) is 0.713. The van der Waals surface area contributed by atoms with Gasteiger partial charge in [0.15, 0.2) is 0 Å². The van der Waals surface area contributed by atoms with Gasteiger partial charge in [-0.3, -0.25) is 4.79 Å². The third-order valence-corrected chi connectivity index (χ3v) is 7.68.